The Hall–Kier alpha value is -2.21. The molecule has 4 aromatic rings. The minimum Gasteiger partial charge on any atom is -0.332 e. The number of rotatable bonds is 4. The highest BCUT2D eigenvalue weighted by Crippen LogP contribution is 2.32. The van der Waals surface area contributed by atoms with E-state index in [4.69, 9.17) is 16.6 Å². The van der Waals surface area contributed by atoms with Crippen molar-refractivity contribution in [2.45, 2.75) is 0 Å². The highest BCUT2D eigenvalue weighted by Gasteiger charge is 2.10. The van der Waals surface area contributed by atoms with Crippen molar-refractivity contribution in [3.05, 3.63) is 70.4 Å². The average molecular weight is 370 g/mol. The molecule has 6 heteroatoms. The lowest BCUT2D eigenvalue weighted by atomic mass is 10.2. The molecule has 0 aliphatic rings. The maximum atomic E-state index is 5.90. The van der Waals surface area contributed by atoms with Crippen LogP contribution in [0.4, 0.5) is 10.8 Å². The van der Waals surface area contributed by atoms with E-state index in [1.54, 1.807) is 22.7 Å². The second-order valence-corrected chi connectivity index (χ2v) is 7.23. The van der Waals surface area contributed by atoms with E-state index in [0.29, 0.717) is 0 Å². The Kier molecular flexibility index (Phi) is 4.30. The van der Waals surface area contributed by atoms with Crippen LogP contribution in [0, 0.1) is 0 Å². The molecule has 0 atom stereocenters. The molecule has 1 N–H and O–H groups in total. The SMILES string of the molecule is Clc1ccc(Nc2nc(-c3nc(-c4ccccc4)cs3)cs2)cc1. The predicted molar refractivity (Wildman–Crippen MR) is 103 cm³/mol. The van der Waals surface area contributed by atoms with Crippen LogP contribution in [0.3, 0.4) is 0 Å². The van der Waals surface area contributed by atoms with Gasteiger partial charge in [0.15, 0.2) is 5.13 Å². The van der Waals surface area contributed by atoms with Gasteiger partial charge in [0.25, 0.3) is 0 Å². The minimum atomic E-state index is 0.719. The molecule has 24 heavy (non-hydrogen) atoms. The largest absolute Gasteiger partial charge is 0.332 e. The van der Waals surface area contributed by atoms with Crippen molar-refractivity contribution in [2.24, 2.45) is 0 Å². The topological polar surface area (TPSA) is 37.8 Å². The van der Waals surface area contributed by atoms with Gasteiger partial charge in [-0.15, -0.1) is 22.7 Å². The van der Waals surface area contributed by atoms with Crippen molar-refractivity contribution in [3.63, 3.8) is 0 Å². The molecule has 0 fully saturated rings. The maximum absolute atomic E-state index is 5.90. The Morgan fingerprint density at radius 1 is 0.792 bits per heavy atom. The number of nitrogens with zero attached hydrogens (tertiary/aromatic N) is 2. The lowest BCUT2D eigenvalue weighted by molar-refractivity contribution is 1.33. The summed E-state index contributed by atoms with van der Waals surface area (Å²) in [6.45, 7) is 0. The molecule has 0 aliphatic heterocycles. The van der Waals surface area contributed by atoms with Crippen molar-refractivity contribution in [2.75, 3.05) is 5.32 Å². The van der Waals surface area contributed by atoms with Crippen LogP contribution in [0.1, 0.15) is 0 Å². The van der Waals surface area contributed by atoms with Gasteiger partial charge in [-0.1, -0.05) is 41.9 Å². The van der Waals surface area contributed by atoms with E-state index in [1.807, 2.05) is 47.8 Å². The smallest absolute Gasteiger partial charge is 0.187 e. The van der Waals surface area contributed by atoms with Gasteiger partial charge in [0, 0.05) is 27.0 Å². The zero-order valence-corrected chi connectivity index (χ0v) is 14.8. The van der Waals surface area contributed by atoms with E-state index < -0.39 is 0 Å². The molecule has 0 aliphatic carbocycles. The van der Waals surface area contributed by atoms with Gasteiger partial charge in [0.1, 0.15) is 10.7 Å². The number of halogens is 1. The standard InChI is InChI=1S/C18H12ClN3S2/c19-13-6-8-14(9-7-13)20-18-22-16(11-24-18)17-21-15(10-23-17)12-4-2-1-3-5-12/h1-11H,(H,20,22). The Morgan fingerprint density at radius 2 is 1.54 bits per heavy atom. The zero-order valence-electron chi connectivity index (χ0n) is 12.4. The first-order valence-electron chi connectivity index (χ1n) is 7.27. The van der Waals surface area contributed by atoms with Gasteiger partial charge in [-0.3, -0.25) is 0 Å². The number of hydrogen-bond acceptors (Lipinski definition) is 5. The summed E-state index contributed by atoms with van der Waals surface area (Å²) in [6.07, 6.45) is 0. The van der Waals surface area contributed by atoms with Gasteiger partial charge in [0.05, 0.1) is 5.69 Å². The van der Waals surface area contributed by atoms with Gasteiger partial charge >= 0.3 is 0 Å². The summed E-state index contributed by atoms with van der Waals surface area (Å²) in [4.78, 5) is 9.33. The third-order valence-corrected chi connectivity index (χ3v) is 5.27. The molecule has 2 aromatic carbocycles. The second-order valence-electron chi connectivity index (χ2n) is 5.07. The molecular weight excluding hydrogens is 358 g/mol. The number of hydrogen-bond donors (Lipinski definition) is 1. The molecule has 0 bridgehead atoms. The fourth-order valence-electron chi connectivity index (χ4n) is 2.22. The monoisotopic (exact) mass is 369 g/mol. The second kappa shape index (κ2) is 6.73. The van der Waals surface area contributed by atoms with Crippen LogP contribution < -0.4 is 5.32 Å². The van der Waals surface area contributed by atoms with Crippen molar-refractivity contribution < 1.29 is 0 Å². The Morgan fingerprint density at radius 3 is 2.33 bits per heavy atom. The van der Waals surface area contributed by atoms with Gasteiger partial charge in [-0.25, -0.2) is 9.97 Å². The molecular formula is C18H12ClN3S2. The van der Waals surface area contributed by atoms with Crippen molar-refractivity contribution >= 4 is 45.1 Å². The van der Waals surface area contributed by atoms with E-state index in [1.165, 1.54) is 0 Å². The molecule has 2 aromatic heterocycles. The lowest BCUT2D eigenvalue weighted by Gasteiger charge is -2.01. The number of thiazole rings is 2. The Labute approximate surface area is 152 Å². The van der Waals surface area contributed by atoms with Gasteiger partial charge in [-0.2, -0.15) is 0 Å². The molecule has 0 saturated carbocycles. The first-order valence-corrected chi connectivity index (χ1v) is 9.41. The normalized spacial score (nSPS) is 10.7. The van der Waals surface area contributed by atoms with Crippen LogP contribution in [-0.2, 0) is 0 Å². The number of benzene rings is 2. The Bertz CT molecular complexity index is 946. The molecule has 0 saturated heterocycles. The highest BCUT2D eigenvalue weighted by molar-refractivity contribution is 7.15. The first kappa shape index (κ1) is 15.3. The zero-order chi connectivity index (χ0) is 16.4. The van der Waals surface area contributed by atoms with E-state index in [-0.39, 0.29) is 0 Å². The molecule has 0 radical (unpaired) electrons. The summed E-state index contributed by atoms with van der Waals surface area (Å²) in [5.74, 6) is 0. The highest BCUT2D eigenvalue weighted by atomic mass is 35.5. The maximum Gasteiger partial charge on any atom is 0.187 e. The fraction of sp³-hybridized carbons (Fsp3) is 0. The third kappa shape index (κ3) is 3.33. The fourth-order valence-corrected chi connectivity index (χ4v) is 3.92. The lowest BCUT2D eigenvalue weighted by Crippen LogP contribution is -1.89. The summed E-state index contributed by atoms with van der Waals surface area (Å²) in [6, 6.07) is 17.7. The molecule has 0 amide bonds. The average Bonchev–Trinajstić information content (AvgIpc) is 3.27. The molecule has 118 valence electrons. The van der Waals surface area contributed by atoms with Crippen LogP contribution in [-0.4, -0.2) is 9.97 Å². The van der Waals surface area contributed by atoms with Crippen molar-refractivity contribution in [1.82, 2.24) is 9.97 Å². The summed E-state index contributed by atoms with van der Waals surface area (Å²) in [7, 11) is 0. The van der Waals surface area contributed by atoms with Gasteiger partial charge in [-0.05, 0) is 24.3 Å². The molecule has 3 nitrogen and oxygen atoms in total. The summed E-state index contributed by atoms with van der Waals surface area (Å²) in [5, 5.41) is 9.85. The van der Waals surface area contributed by atoms with Gasteiger partial charge in [0.2, 0.25) is 0 Å². The molecule has 0 spiro atoms. The predicted octanol–water partition coefficient (Wildman–Crippen LogP) is 6.33. The molecule has 2 heterocycles. The van der Waals surface area contributed by atoms with E-state index in [0.717, 1.165) is 37.8 Å². The Balaban J connectivity index is 1.55. The number of anilines is 2. The summed E-state index contributed by atoms with van der Waals surface area (Å²) in [5.41, 5.74) is 3.96. The van der Waals surface area contributed by atoms with E-state index in [9.17, 15) is 0 Å². The summed E-state index contributed by atoms with van der Waals surface area (Å²) < 4.78 is 0. The van der Waals surface area contributed by atoms with Crippen LogP contribution in [0.5, 0.6) is 0 Å². The molecule has 4 rings (SSSR count). The van der Waals surface area contributed by atoms with E-state index in [2.05, 4.69) is 27.8 Å². The van der Waals surface area contributed by atoms with E-state index >= 15 is 0 Å². The third-order valence-electron chi connectivity index (χ3n) is 3.39. The van der Waals surface area contributed by atoms with Gasteiger partial charge < -0.3 is 5.32 Å². The van der Waals surface area contributed by atoms with Crippen LogP contribution in [0.15, 0.2) is 65.4 Å². The first-order chi connectivity index (χ1) is 11.8. The van der Waals surface area contributed by atoms with Crippen molar-refractivity contribution in [1.29, 1.82) is 0 Å². The van der Waals surface area contributed by atoms with Crippen LogP contribution >= 0.6 is 34.3 Å². The minimum absolute atomic E-state index is 0.719. The quantitative estimate of drug-likeness (QED) is 0.456. The van der Waals surface area contributed by atoms with Crippen LogP contribution in [0.25, 0.3) is 22.0 Å². The number of nitrogens with one attached hydrogen (secondary N) is 1. The van der Waals surface area contributed by atoms with Crippen molar-refractivity contribution in [3.8, 4) is 22.0 Å². The molecule has 0 unspecified atom stereocenters. The number of aromatic nitrogens is 2. The van der Waals surface area contributed by atoms with Crippen LogP contribution in [0.2, 0.25) is 5.02 Å². The summed E-state index contributed by atoms with van der Waals surface area (Å²) >= 11 is 9.07.